The van der Waals surface area contributed by atoms with E-state index in [1.54, 1.807) is 10.3 Å². The molecule has 0 bridgehead atoms. The maximum atomic E-state index is 11.7. The van der Waals surface area contributed by atoms with Crippen LogP contribution in [-0.4, -0.2) is 35.4 Å². The minimum absolute atomic E-state index is 0.0460. The van der Waals surface area contributed by atoms with Gasteiger partial charge in [-0.05, 0) is 19.4 Å². The van der Waals surface area contributed by atoms with Crippen LogP contribution in [0.4, 0.5) is 5.00 Å². The maximum absolute atomic E-state index is 11.7. The molecule has 1 heterocycles. The molecule has 1 rings (SSSR count). The predicted molar refractivity (Wildman–Crippen MR) is 70.6 cm³/mol. The summed E-state index contributed by atoms with van der Waals surface area (Å²) in [5.41, 5.74) is 0.832. The van der Waals surface area contributed by atoms with Gasteiger partial charge in [0.05, 0.1) is 11.5 Å². The number of nitro groups is 1. The number of nitrogens with one attached hydrogen (secondary N) is 1. The molecular weight excluding hydrogens is 254 g/mol. The Morgan fingerprint density at radius 3 is 2.67 bits per heavy atom. The fourth-order valence-corrected chi connectivity index (χ4v) is 2.28. The molecular formula is C11H17N3O3S. The molecule has 18 heavy (non-hydrogen) atoms. The van der Waals surface area contributed by atoms with Gasteiger partial charge >= 0.3 is 5.00 Å². The Morgan fingerprint density at radius 1 is 1.50 bits per heavy atom. The van der Waals surface area contributed by atoms with Gasteiger partial charge in [-0.3, -0.25) is 14.9 Å². The zero-order valence-electron chi connectivity index (χ0n) is 10.5. The first-order valence-corrected chi connectivity index (χ1v) is 6.66. The van der Waals surface area contributed by atoms with Crippen LogP contribution >= 0.6 is 11.3 Å². The highest BCUT2D eigenvalue weighted by Crippen LogP contribution is 2.22. The topological polar surface area (TPSA) is 75.5 Å². The molecule has 0 aliphatic carbocycles. The normalized spacial score (nSPS) is 10.3. The standard InChI is InChI=1S/C11H17N3O3S/c1-3-13(4-2)10(15)7-12-6-9-5-11(14(16)17)18-8-9/h5,8,12H,3-4,6-7H2,1-2H3. The number of carbonyl (C=O) groups excluding carboxylic acids is 1. The van der Waals surface area contributed by atoms with E-state index < -0.39 is 4.92 Å². The second kappa shape index (κ2) is 7.07. The maximum Gasteiger partial charge on any atom is 0.324 e. The van der Waals surface area contributed by atoms with Crippen molar-refractivity contribution in [2.75, 3.05) is 19.6 Å². The summed E-state index contributed by atoms with van der Waals surface area (Å²) in [6.45, 7) is 5.98. The molecule has 1 aromatic heterocycles. The molecule has 0 radical (unpaired) electrons. The molecule has 0 fully saturated rings. The molecule has 7 heteroatoms. The second-order valence-electron chi connectivity index (χ2n) is 3.72. The predicted octanol–water partition coefficient (Wildman–Crippen LogP) is 1.61. The van der Waals surface area contributed by atoms with Gasteiger partial charge in [0, 0.05) is 31.1 Å². The Kier molecular flexibility index (Phi) is 5.73. The summed E-state index contributed by atoms with van der Waals surface area (Å²) in [7, 11) is 0. The number of nitrogens with zero attached hydrogens (tertiary/aromatic N) is 2. The first-order chi connectivity index (χ1) is 8.58. The molecule has 1 N–H and O–H groups in total. The number of likely N-dealkylation sites (N-methyl/N-ethyl adjacent to an activating group) is 1. The highest BCUT2D eigenvalue weighted by molar-refractivity contribution is 7.13. The van der Waals surface area contributed by atoms with Gasteiger partial charge in [0.25, 0.3) is 0 Å². The van der Waals surface area contributed by atoms with E-state index in [-0.39, 0.29) is 17.5 Å². The monoisotopic (exact) mass is 271 g/mol. The molecule has 0 atom stereocenters. The van der Waals surface area contributed by atoms with E-state index in [4.69, 9.17) is 0 Å². The van der Waals surface area contributed by atoms with Crippen molar-refractivity contribution < 1.29 is 9.72 Å². The van der Waals surface area contributed by atoms with Gasteiger partial charge in [0.2, 0.25) is 5.91 Å². The van der Waals surface area contributed by atoms with Gasteiger partial charge in [-0.25, -0.2) is 0 Å². The molecule has 0 aromatic carbocycles. The summed E-state index contributed by atoms with van der Waals surface area (Å²) in [6.07, 6.45) is 0. The SMILES string of the molecule is CCN(CC)C(=O)CNCc1csc([N+](=O)[O-])c1. The fraction of sp³-hybridized carbons (Fsp3) is 0.545. The highest BCUT2D eigenvalue weighted by atomic mass is 32.1. The van der Waals surface area contributed by atoms with Crippen molar-refractivity contribution in [1.29, 1.82) is 0 Å². The molecule has 6 nitrogen and oxygen atoms in total. The van der Waals surface area contributed by atoms with E-state index in [1.807, 2.05) is 13.8 Å². The van der Waals surface area contributed by atoms with Gasteiger partial charge < -0.3 is 10.2 Å². The van der Waals surface area contributed by atoms with Crippen molar-refractivity contribution in [2.24, 2.45) is 0 Å². The van der Waals surface area contributed by atoms with Crippen LogP contribution in [0, 0.1) is 10.1 Å². The van der Waals surface area contributed by atoms with Crippen LogP contribution in [0.2, 0.25) is 0 Å². The van der Waals surface area contributed by atoms with Gasteiger partial charge in [-0.2, -0.15) is 0 Å². The third-order valence-electron chi connectivity index (χ3n) is 2.54. The molecule has 0 unspecified atom stereocenters. The van der Waals surface area contributed by atoms with Crippen molar-refractivity contribution in [3.63, 3.8) is 0 Å². The Bertz CT molecular complexity index is 415. The first kappa shape index (κ1) is 14.6. The van der Waals surface area contributed by atoms with Crippen molar-refractivity contribution in [2.45, 2.75) is 20.4 Å². The lowest BCUT2D eigenvalue weighted by Crippen LogP contribution is -2.37. The Labute approximate surface area is 110 Å². The lowest BCUT2D eigenvalue weighted by atomic mass is 10.3. The van der Waals surface area contributed by atoms with Crippen LogP contribution < -0.4 is 5.32 Å². The summed E-state index contributed by atoms with van der Waals surface area (Å²) < 4.78 is 0. The molecule has 0 aliphatic rings. The first-order valence-electron chi connectivity index (χ1n) is 5.78. The average Bonchev–Trinajstić information content (AvgIpc) is 2.79. The molecule has 0 aliphatic heterocycles. The van der Waals surface area contributed by atoms with Crippen molar-refractivity contribution >= 4 is 22.2 Å². The van der Waals surface area contributed by atoms with E-state index in [0.717, 1.165) is 16.9 Å². The Morgan fingerprint density at radius 2 is 2.17 bits per heavy atom. The number of amides is 1. The van der Waals surface area contributed by atoms with E-state index in [1.165, 1.54) is 6.07 Å². The fourth-order valence-electron chi connectivity index (χ4n) is 1.55. The molecule has 0 saturated carbocycles. The summed E-state index contributed by atoms with van der Waals surface area (Å²) >= 11 is 1.10. The summed E-state index contributed by atoms with van der Waals surface area (Å²) in [4.78, 5) is 23.5. The zero-order chi connectivity index (χ0) is 13.5. The van der Waals surface area contributed by atoms with Crippen molar-refractivity contribution in [1.82, 2.24) is 10.2 Å². The van der Waals surface area contributed by atoms with Crippen LogP contribution in [0.1, 0.15) is 19.4 Å². The smallest absolute Gasteiger partial charge is 0.324 e. The van der Waals surface area contributed by atoms with Crippen molar-refractivity contribution in [3.05, 3.63) is 27.1 Å². The number of hydrogen-bond donors (Lipinski definition) is 1. The van der Waals surface area contributed by atoms with E-state index in [0.29, 0.717) is 19.6 Å². The number of rotatable bonds is 7. The van der Waals surface area contributed by atoms with Crippen LogP contribution in [0.5, 0.6) is 0 Å². The Hall–Kier alpha value is -1.47. The summed E-state index contributed by atoms with van der Waals surface area (Å²) in [6, 6.07) is 1.53. The quantitative estimate of drug-likeness (QED) is 0.604. The van der Waals surface area contributed by atoms with Crippen LogP contribution in [0.3, 0.4) is 0 Å². The summed E-state index contributed by atoms with van der Waals surface area (Å²) in [5, 5.41) is 15.3. The lowest BCUT2D eigenvalue weighted by molar-refractivity contribution is -0.380. The zero-order valence-corrected chi connectivity index (χ0v) is 11.3. The minimum atomic E-state index is -0.408. The summed E-state index contributed by atoms with van der Waals surface area (Å²) in [5.74, 6) is 0.0460. The molecule has 100 valence electrons. The van der Waals surface area contributed by atoms with Crippen LogP contribution in [0.15, 0.2) is 11.4 Å². The molecule has 0 saturated heterocycles. The highest BCUT2D eigenvalue weighted by Gasteiger charge is 2.11. The average molecular weight is 271 g/mol. The van der Waals surface area contributed by atoms with E-state index >= 15 is 0 Å². The number of hydrogen-bond acceptors (Lipinski definition) is 5. The van der Waals surface area contributed by atoms with Gasteiger partial charge in [0.15, 0.2) is 0 Å². The largest absolute Gasteiger partial charge is 0.342 e. The molecule has 1 aromatic rings. The minimum Gasteiger partial charge on any atom is -0.342 e. The van der Waals surface area contributed by atoms with Gasteiger partial charge in [-0.15, -0.1) is 0 Å². The van der Waals surface area contributed by atoms with Gasteiger partial charge in [0.1, 0.15) is 0 Å². The van der Waals surface area contributed by atoms with E-state index in [2.05, 4.69) is 5.32 Å². The third kappa shape index (κ3) is 4.08. The third-order valence-corrected chi connectivity index (χ3v) is 3.47. The number of carbonyl (C=O) groups is 1. The molecule has 1 amide bonds. The van der Waals surface area contributed by atoms with Gasteiger partial charge in [-0.1, -0.05) is 11.3 Å². The lowest BCUT2D eigenvalue weighted by Gasteiger charge is -2.18. The van der Waals surface area contributed by atoms with Crippen LogP contribution in [-0.2, 0) is 11.3 Å². The second-order valence-corrected chi connectivity index (χ2v) is 4.61. The van der Waals surface area contributed by atoms with Crippen LogP contribution in [0.25, 0.3) is 0 Å². The van der Waals surface area contributed by atoms with Crippen molar-refractivity contribution in [3.8, 4) is 0 Å². The Balaban J connectivity index is 2.37. The van der Waals surface area contributed by atoms with E-state index in [9.17, 15) is 14.9 Å². The molecule has 0 spiro atoms. The number of thiophene rings is 1.